The molecule has 4 nitrogen and oxygen atoms in total. The summed E-state index contributed by atoms with van der Waals surface area (Å²) >= 11 is 0. The molecule has 20 heavy (non-hydrogen) atoms. The fourth-order valence-corrected chi connectivity index (χ4v) is 2.87. The van der Waals surface area contributed by atoms with Gasteiger partial charge in [-0.05, 0) is 37.1 Å². The van der Waals surface area contributed by atoms with Crippen LogP contribution in [-0.2, 0) is 4.79 Å². The largest absolute Gasteiger partial charge is 0.327 e. The van der Waals surface area contributed by atoms with Crippen LogP contribution in [0.1, 0.15) is 25.7 Å². The van der Waals surface area contributed by atoms with Gasteiger partial charge in [0.1, 0.15) is 0 Å². The number of carbonyl (C=O) groups is 1. The minimum atomic E-state index is -0.0617. The van der Waals surface area contributed by atoms with Crippen LogP contribution in [0.25, 0.3) is 10.9 Å². The summed E-state index contributed by atoms with van der Waals surface area (Å²) in [6.45, 7) is 0. The molecule has 0 radical (unpaired) electrons. The van der Waals surface area contributed by atoms with Gasteiger partial charge in [0.25, 0.3) is 0 Å². The number of nitrogens with two attached hydrogens (primary N) is 1. The summed E-state index contributed by atoms with van der Waals surface area (Å²) in [5.41, 5.74) is 7.80. The lowest BCUT2D eigenvalue weighted by molar-refractivity contribution is -0.121. The van der Waals surface area contributed by atoms with Gasteiger partial charge in [-0.25, -0.2) is 0 Å². The summed E-state index contributed by atoms with van der Waals surface area (Å²) < 4.78 is 0. The topological polar surface area (TPSA) is 68.0 Å². The first-order valence-corrected chi connectivity index (χ1v) is 7.15. The van der Waals surface area contributed by atoms with Gasteiger partial charge in [0, 0.05) is 23.3 Å². The molecule has 0 spiro atoms. The van der Waals surface area contributed by atoms with Crippen LogP contribution >= 0.6 is 0 Å². The van der Waals surface area contributed by atoms with Crippen molar-refractivity contribution in [3.05, 3.63) is 36.5 Å². The SMILES string of the molecule is NC1CCCCC1C(=O)Nc1ccc2ncccc2c1. The fourth-order valence-electron chi connectivity index (χ4n) is 2.87. The predicted molar refractivity (Wildman–Crippen MR) is 80.3 cm³/mol. The number of nitrogens with one attached hydrogen (secondary N) is 1. The maximum atomic E-state index is 12.3. The highest BCUT2D eigenvalue weighted by Crippen LogP contribution is 2.25. The molecule has 1 aromatic heterocycles. The minimum Gasteiger partial charge on any atom is -0.327 e. The predicted octanol–water partition coefficient (Wildman–Crippen LogP) is 2.69. The Morgan fingerprint density at radius 1 is 1.25 bits per heavy atom. The van der Waals surface area contributed by atoms with Crippen molar-refractivity contribution >= 4 is 22.5 Å². The van der Waals surface area contributed by atoms with E-state index < -0.39 is 0 Å². The molecular formula is C16H19N3O. The molecule has 1 heterocycles. The molecule has 3 N–H and O–H groups in total. The number of amides is 1. The van der Waals surface area contributed by atoms with Crippen molar-refractivity contribution in [2.24, 2.45) is 11.7 Å². The molecule has 1 aliphatic rings. The van der Waals surface area contributed by atoms with Crippen LogP contribution in [0.15, 0.2) is 36.5 Å². The number of aromatic nitrogens is 1. The third-order valence-electron chi connectivity index (χ3n) is 4.03. The van der Waals surface area contributed by atoms with Crippen LogP contribution in [-0.4, -0.2) is 16.9 Å². The lowest BCUT2D eigenvalue weighted by Gasteiger charge is -2.27. The first kappa shape index (κ1) is 13.1. The molecule has 2 aromatic rings. The molecule has 1 aliphatic carbocycles. The van der Waals surface area contributed by atoms with E-state index in [-0.39, 0.29) is 17.9 Å². The van der Waals surface area contributed by atoms with E-state index >= 15 is 0 Å². The number of nitrogens with zero attached hydrogens (tertiary/aromatic N) is 1. The van der Waals surface area contributed by atoms with Gasteiger partial charge < -0.3 is 11.1 Å². The Labute approximate surface area is 118 Å². The second kappa shape index (κ2) is 5.59. The van der Waals surface area contributed by atoms with Crippen molar-refractivity contribution < 1.29 is 4.79 Å². The third kappa shape index (κ3) is 2.65. The first-order chi connectivity index (χ1) is 9.74. The van der Waals surface area contributed by atoms with E-state index in [9.17, 15) is 4.79 Å². The van der Waals surface area contributed by atoms with Crippen molar-refractivity contribution in [3.63, 3.8) is 0 Å². The highest BCUT2D eigenvalue weighted by atomic mass is 16.1. The quantitative estimate of drug-likeness (QED) is 0.880. The number of anilines is 1. The maximum Gasteiger partial charge on any atom is 0.229 e. The molecular weight excluding hydrogens is 250 g/mol. The Morgan fingerprint density at radius 2 is 2.10 bits per heavy atom. The molecule has 1 fully saturated rings. The number of carbonyl (C=O) groups excluding carboxylic acids is 1. The molecule has 1 aromatic carbocycles. The van der Waals surface area contributed by atoms with Crippen LogP contribution in [0.5, 0.6) is 0 Å². The zero-order valence-electron chi connectivity index (χ0n) is 11.4. The van der Waals surface area contributed by atoms with Gasteiger partial charge in [-0.15, -0.1) is 0 Å². The van der Waals surface area contributed by atoms with Crippen molar-refractivity contribution in [1.82, 2.24) is 4.98 Å². The van der Waals surface area contributed by atoms with Gasteiger partial charge in [-0.3, -0.25) is 9.78 Å². The Morgan fingerprint density at radius 3 is 2.95 bits per heavy atom. The van der Waals surface area contributed by atoms with Crippen LogP contribution in [0.4, 0.5) is 5.69 Å². The molecule has 3 rings (SSSR count). The zero-order valence-corrected chi connectivity index (χ0v) is 11.4. The molecule has 104 valence electrons. The van der Waals surface area contributed by atoms with E-state index in [0.29, 0.717) is 0 Å². The van der Waals surface area contributed by atoms with Crippen LogP contribution < -0.4 is 11.1 Å². The Balaban J connectivity index is 1.76. The smallest absolute Gasteiger partial charge is 0.229 e. The first-order valence-electron chi connectivity index (χ1n) is 7.15. The summed E-state index contributed by atoms with van der Waals surface area (Å²) in [4.78, 5) is 16.6. The third-order valence-corrected chi connectivity index (χ3v) is 4.03. The zero-order chi connectivity index (χ0) is 13.9. The monoisotopic (exact) mass is 269 g/mol. The van der Waals surface area contributed by atoms with Gasteiger partial charge >= 0.3 is 0 Å². The molecule has 0 bridgehead atoms. The van der Waals surface area contributed by atoms with Crippen LogP contribution in [0.2, 0.25) is 0 Å². The van der Waals surface area contributed by atoms with E-state index in [1.165, 1.54) is 0 Å². The molecule has 2 atom stereocenters. The van der Waals surface area contributed by atoms with Crippen molar-refractivity contribution in [3.8, 4) is 0 Å². The number of benzene rings is 1. The maximum absolute atomic E-state index is 12.3. The van der Waals surface area contributed by atoms with E-state index in [0.717, 1.165) is 42.3 Å². The van der Waals surface area contributed by atoms with E-state index in [2.05, 4.69) is 10.3 Å². The number of rotatable bonds is 2. The van der Waals surface area contributed by atoms with Crippen LogP contribution in [0.3, 0.4) is 0 Å². The molecule has 1 saturated carbocycles. The number of fused-ring (bicyclic) bond motifs is 1. The second-order valence-electron chi connectivity index (χ2n) is 5.45. The second-order valence-corrected chi connectivity index (χ2v) is 5.45. The van der Waals surface area contributed by atoms with Gasteiger partial charge in [-0.2, -0.15) is 0 Å². The standard InChI is InChI=1S/C16H19N3O/c17-14-6-2-1-5-13(14)16(20)19-12-7-8-15-11(10-12)4-3-9-18-15/h3-4,7-10,13-14H,1-2,5-6,17H2,(H,19,20). The minimum absolute atomic E-state index is 0.00845. The van der Waals surface area contributed by atoms with Gasteiger partial charge in [0.15, 0.2) is 0 Å². The van der Waals surface area contributed by atoms with Crippen molar-refractivity contribution in [1.29, 1.82) is 0 Å². The van der Waals surface area contributed by atoms with Gasteiger partial charge in [0.05, 0.1) is 11.4 Å². The van der Waals surface area contributed by atoms with Crippen molar-refractivity contribution in [2.75, 3.05) is 5.32 Å². The lowest BCUT2D eigenvalue weighted by atomic mass is 9.84. The van der Waals surface area contributed by atoms with Crippen LogP contribution in [0, 0.1) is 5.92 Å². The highest BCUT2D eigenvalue weighted by Gasteiger charge is 2.28. The molecule has 1 amide bonds. The normalized spacial score (nSPS) is 22.6. The Kier molecular flexibility index (Phi) is 3.65. The number of hydrogen-bond acceptors (Lipinski definition) is 3. The fraction of sp³-hybridized carbons (Fsp3) is 0.375. The molecule has 0 saturated heterocycles. The molecule has 0 aliphatic heterocycles. The summed E-state index contributed by atoms with van der Waals surface area (Å²) in [7, 11) is 0. The van der Waals surface area contributed by atoms with Crippen molar-refractivity contribution in [2.45, 2.75) is 31.7 Å². The summed E-state index contributed by atoms with van der Waals surface area (Å²) in [6.07, 6.45) is 5.82. The molecule has 4 heteroatoms. The molecule has 2 unspecified atom stereocenters. The summed E-state index contributed by atoms with van der Waals surface area (Å²) in [5.74, 6) is -0.0196. The number of hydrogen-bond donors (Lipinski definition) is 2. The Hall–Kier alpha value is -1.94. The lowest BCUT2D eigenvalue weighted by Crippen LogP contribution is -2.40. The van der Waals surface area contributed by atoms with Gasteiger partial charge in [-0.1, -0.05) is 18.9 Å². The van der Waals surface area contributed by atoms with Gasteiger partial charge in [0.2, 0.25) is 5.91 Å². The van der Waals surface area contributed by atoms with E-state index in [1.54, 1.807) is 6.20 Å². The summed E-state index contributed by atoms with van der Waals surface area (Å²) in [6, 6.07) is 9.64. The Bertz CT molecular complexity index is 626. The van der Waals surface area contributed by atoms with E-state index in [4.69, 9.17) is 5.73 Å². The highest BCUT2D eigenvalue weighted by molar-refractivity contribution is 5.95. The van der Waals surface area contributed by atoms with E-state index in [1.807, 2.05) is 30.3 Å². The average molecular weight is 269 g/mol. The summed E-state index contributed by atoms with van der Waals surface area (Å²) in [5, 5.41) is 4.01. The number of pyridine rings is 1. The average Bonchev–Trinajstić information content (AvgIpc) is 2.47.